The minimum Gasteiger partial charge on any atom is -0.211 e. The van der Waals surface area contributed by atoms with E-state index in [1.54, 1.807) is 0 Å². The summed E-state index contributed by atoms with van der Waals surface area (Å²) in [7, 11) is -7.25. The second kappa shape index (κ2) is 7.08. The largest absolute Gasteiger partial charge is 0.244 e. The van der Waals surface area contributed by atoms with Crippen molar-refractivity contribution in [3.63, 3.8) is 0 Å². The van der Waals surface area contributed by atoms with Crippen molar-refractivity contribution in [2.24, 2.45) is 5.92 Å². The molecule has 1 aromatic rings. The molecular weight excluding hydrogens is 383 g/mol. The van der Waals surface area contributed by atoms with Crippen molar-refractivity contribution in [2.45, 2.75) is 11.3 Å². The quantitative estimate of drug-likeness (QED) is 0.794. The highest BCUT2D eigenvalue weighted by molar-refractivity contribution is 7.92. The van der Waals surface area contributed by atoms with Crippen LogP contribution in [0.4, 0.5) is 0 Å². The van der Waals surface area contributed by atoms with Crippen LogP contribution in [-0.4, -0.2) is 40.8 Å². The van der Waals surface area contributed by atoms with Crippen molar-refractivity contribution in [1.82, 2.24) is 9.03 Å². The number of hydrogen-bond acceptors (Lipinski definition) is 4. The molecule has 0 unspecified atom stereocenters. The molecule has 0 radical (unpaired) electrons. The average Bonchev–Trinajstić information content (AvgIpc) is 2.94. The van der Waals surface area contributed by atoms with Gasteiger partial charge >= 0.3 is 0 Å². The Morgan fingerprint density at radius 1 is 1.30 bits per heavy atom. The van der Waals surface area contributed by atoms with E-state index in [9.17, 15) is 16.8 Å². The Morgan fingerprint density at radius 2 is 2.00 bits per heavy atom. The Hall–Kier alpha value is -0.640. The summed E-state index contributed by atoms with van der Waals surface area (Å²) in [6.07, 6.45) is 0.560. The topological polar surface area (TPSA) is 83.6 Å². The standard InChI is InChI=1S/C13H16Cl2N2O4S2/c1-2-22(18,19)16-8-10-5-6-17(9-10)23(20,21)13-4-3-11(14)7-12(13)15/h2-4,7,10,16H,1,5-6,8-9H2/t10-/m1/s1. The lowest BCUT2D eigenvalue weighted by atomic mass is 10.1. The third-order valence-electron chi connectivity index (χ3n) is 3.55. The average molecular weight is 399 g/mol. The molecule has 0 saturated carbocycles. The number of halogens is 2. The first kappa shape index (κ1) is 18.7. The zero-order valence-corrected chi connectivity index (χ0v) is 15.2. The van der Waals surface area contributed by atoms with E-state index in [0.717, 1.165) is 5.41 Å². The van der Waals surface area contributed by atoms with Crippen LogP contribution in [0.1, 0.15) is 6.42 Å². The molecule has 128 valence electrons. The van der Waals surface area contributed by atoms with Crippen LogP contribution < -0.4 is 4.72 Å². The SMILES string of the molecule is C=CS(=O)(=O)NC[C@H]1CCN(S(=O)(=O)c2ccc(Cl)cc2Cl)C1. The van der Waals surface area contributed by atoms with Gasteiger partial charge in [0.15, 0.2) is 0 Å². The molecule has 1 fully saturated rings. The summed E-state index contributed by atoms with van der Waals surface area (Å²) < 4.78 is 51.6. The van der Waals surface area contributed by atoms with Crippen LogP contribution in [0, 0.1) is 5.92 Å². The maximum absolute atomic E-state index is 12.6. The summed E-state index contributed by atoms with van der Waals surface area (Å²) in [5.74, 6) is -0.106. The van der Waals surface area contributed by atoms with Crippen molar-refractivity contribution in [1.29, 1.82) is 0 Å². The maximum Gasteiger partial charge on any atom is 0.244 e. The molecule has 0 spiro atoms. The van der Waals surface area contributed by atoms with Crippen LogP contribution in [0.3, 0.4) is 0 Å². The highest BCUT2D eigenvalue weighted by Crippen LogP contribution is 2.30. The monoisotopic (exact) mass is 398 g/mol. The van der Waals surface area contributed by atoms with Crippen molar-refractivity contribution in [2.75, 3.05) is 19.6 Å². The molecule has 10 heteroatoms. The molecular formula is C13H16Cl2N2O4S2. The van der Waals surface area contributed by atoms with Crippen LogP contribution in [0.25, 0.3) is 0 Å². The molecule has 1 atom stereocenters. The first-order valence-electron chi connectivity index (χ1n) is 6.73. The van der Waals surface area contributed by atoms with Gasteiger partial charge in [0.25, 0.3) is 0 Å². The van der Waals surface area contributed by atoms with E-state index in [1.165, 1.54) is 22.5 Å². The van der Waals surface area contributed by atoms with Crippen LogP contribution in [-0.2, 0) is 20.0 Å². The minimum absolute atomic E-state index is 0.00381. The summed E-state index contributed by atoms with van der Waals surface area (Å²) in [6.45, 7) is 3.90. The lowest BCUT2D eigenvalue weighted by Crippen LogP contribution is -2.32. The second-order valence-electron chi connectivity index (χ2n) is 5.15. The molecule has 6 nitrogen and oxygen atoms in total. The third kappa shape index (κ3) is 4.46. The molecule has 1 N–H and O–H groups in total. The zero-order valence-electron chi connectivity index (χ0n) is 12.1. The molecule has 1 aromatic carbocycles. The van der Waals surface area contributed by atoms with Crippen molar-refractivity contribution in [3.8, 4) is 0 Å². The predicted octanol–water partition coefficient (Wildman–Crippen LogP) is 2.07. The summed E-state index contributed by atoms with van der Waals surface area (Å²) in [4.78, 5) is -0.00381. The fourth-order valence-corrected chi connectivity index (χ4v) is 5.16. The highest BCUT2D eigenvalue weighted by Gasteiger charge is 2.34. The van der Waals surface area contributed by atoms with Crippen LogP contribution in [0.2, 0.25) is 10.0 Å². The summed E-state index contributed by atoms with van der Waals surface area (Å²) in [5.41, 5.74) is 0. The fourth-order valence-electron chi connectivity index (χ4n) is 2.30. The Balaban J connectivity index is 2.10. The maximum atomic E-state index is 12.6. The Bertz CT molecular complexity index is 809. The normalized spacial score (nSPS) is 19.8. The van der Waals surface area contributed by atoms with Gasteiger partial charge in [0.1, 0.15) is 4.90 Å². The van der Waals surface area contributed by atoms with E-state index in [-0.39, 0.29) is 28.9 Å². The van der Waals surface area contributed by atoms with E-state index < -0.39 is 20.0 Å². The Morgan fingerprint density at radius 3 is 2.61 bits per heavy atom. The molecule has 0 bridgehead atoms. The smallest absolute Gasteiger partial charge is 0.211 e. The third-order valence-corrected chi connectivity index (χ3v) is 7.14. The molecule has 0 amide bonds. The lowest BCUT2D eigenvalue weighted by Gasteiger charge is -2.17. The van der Waals surface area contributed by atoms with Crippen LogP contribution in [0.15, 0.2) is 35.1 Å². The van der Waals surface area contributed by atoms with Crippen molar-refractivity contribution >= 4 is 43.2 Å². The molecule has 0 aliphatic carbocycles. The second-order valence-corrected chi connectivity index (χ2v) is 9.61. The highest BCUT2D eigenvalue weighted by atomic mass is 35.5. The number of rotatable bonds is 6. The van der Waals surface area contributed by atoms with Crippen molar-refractivity contribution < 1.29 is 16.8 Å². The van der Waals surface area contributed by atoms with E-state index in [1.807, 2.05) is 0 Å². The summed E-state index contributed by atoms with van der Waals surface area (Å²) >= 11 is 11.8. The van der Waals surface area contributed by atoms with Gasteiger partial charge in [-0.05, 0) is 30.5 Å². The molecule has 1 aliphatic heterocycles. The molecule has 23 heavy (non-hydrogen) atoms. The van der Waals surface area contributed by atoms with Gasteiger partial charge in [-0.1, -0.05) is 29.8 Å². The van der Waals surface area contributed by atoms with Gasteiger partial charge in [0, 0.05) is 30.1 Å². The molecule has 2 rings (SSSR count). The first-order chi connectivity index (χ1) is 10.7. The van der Waals surface area contributed by atoms with Crippen LogP contribution in [0.5, 0.6) is 0 Å². The number of hydrogen-bond donors (Lipinski definition) is 1. The van der Waals surface area contributed by atoms with Gasteiger partial charge < -0.3 is 0 Å². The Labute approximate surface area is 146 Å². The molecule has 0 aromatic heterocycles. The number of benzene rings is 1. The lowest BCUT2D eigenvalue weighted by molar-refractivity contribution is 0.455. The van der Waals surface area contributed by atoms with Gasteiger partial charge in [-0.25, -0.2) is 21.6 Å². The minimum atomic E-state index is -3.73. The van der Waals surface area contributed by atoms with Crippen molar-refractivity contribution in [3.05, 3.63) is 40.2 Å². The van der Waals surface area contributed by atoms with E-state index in [0.29, 0.717) is 18.0 Å². The summed E-state index contributed by atoms with van der Waals surface area (Å²) in [6, 6.07) is 4.21. The molecule has 1 heterocycles. The predicted molar refractivity (Wildman–Crippen MR) is 90.4 cm³/mol. The van der Waals surface area contributed by atoms with Gasteiger partial charge in [-0.3, -0.25) is 0 Å². The summed E-state index contributed by atoms with van der Waals surface area (Å²) in [5, 5.41) is 1.24. The first-order valence-corrected chi connectivity index (χ1v) is 10.5. The van der Waals surface area contributed by atoms with E-state index in [2.05, 4.69) is 11.3 Å². The fraction of sp³-hybridized carbons (Fsp3) is 0.385. The van der Waals surface area contributed by atoms with Gasteiger partial charge in [-0.15, -0.1) is 0 Å². The molecule has 1 saturated heterocycles. The van der Waals surface area contributed by atoms with E-state index >= 15 is 0 Å². The van der Waals surface area contributed by atoms with E-state index in [4.69, 9.17) is 23.2 Å². The molecule has 1 aliphatic rings. The number of nitrogens with one attached hydrogen (secondary N) is 1. The Kier molecular flexibility index (Phi) is 5.76. The van der Waals surface area contributed by atoms with Gasteiger partial charge in [-0.2, -0.15) is 4.31 Å². The zero-order chi connectivity index (χ0) is 17.3. The van der Waals surface area contributed by atoms with Crippen LogP contribution >= 0.6 is 23.2 Å². The van der Waals surface area contributed by atoms with Gasteiger partial charge in [0.2, 0.25) is 20.0 Å². The van der Waals surface area contributed by atoms with Gasteiger partial charge in [0.05, 0.1) is 5.02 Å². The number of sulfonamides is 2. The number of nitrogens with zero attached hydrogens (tertiary/aromatic N) is 1.